The molecule has 3 aromatic rings. The van der Waals surface area contributed by atoms with Crippen molar-refractivity contribution in [1.82, 2.24) is 0 Å². The van der Waals surface area contributed by atoms with Crippen molar-refractivity contribution in [2.24, 2.45) is 0 Å². The van der Waals surface area contributed by atoms with Crippen molar-refractivity contribution in [2.75, 3.05) is 13.2 Å². The van der Waals surface area contributed by atoms with Gasteiger partial charge in [0.2, 0.25) is 12.6 Å². The minimum atomic E-state index is -1.78. The fourth-order valence-electron chi connectivity index (χ4n) is 5.26. The summed E-state index contributed by atoms with van der Waals surface area (Å²) in [4.78, 5) is 35.9. The largest absolute Gasteiger partial charge is 0.507 e. The predicted molar refractivity (Wildman–Crippen MR) is 157 cm³/mol. The number of esters is 2. The first-order valence-electron chi connectivity index (χ1n) is 14.6. The third-order valence-electron chi connectivity index (χ3n) is 7.67. The van der Waals surface area contributed by atoms with Crippen LogP contribution in [0.2, 0.25) is 0 Å². The second-order valence-electron chi connectivity index (χ2n) is 11.1. The smallest absolute Gasteiger partial charge is 0.303 e. The van der Waals surface area contributed by atoms with Gasteiger partial charge in [0.1, 0.15) is 83.3 Å². The van der Waals surface area contributed by atoms with Gasteiger partial charge >= 0.3 is 11.9 Å². The van der Waals surface area contributed by atoms with E-state index in [-0.39, 0.29) is 28.2 Å². The normalized spacial score (nSPS) is 30.4. The van der Waals surface area contributed by atoms with Crippen molar-refractivity contribution in [3.05, 3.63) is 52.7 Å². The molecule has 0 spiro atoms. The second kappa shape index (κ2) is 14.4. The van der Waals surface area contributed by atoms with Crippen LogP contribution in [0.25, 0.3) is 22.3 Å². The molecule has 17 heteroatoms. The minimum absolute atomic E-state index is 0.0542. The quantitative estimate of drug-likeness (QED) is 0.129. The fourth-order valence-corrected chi connectivity index (χ4v) is 5.26. The van der Waals surface area contributed by atoms with E-state index in [4.69, 9.17) is 32.8 Å². The molecule has 2 fully saturated rings. The summed E-state index contributed by atoms with van der Waals surface area (Å²) in [5, 5.41) is 71.4. The first kappa shape index (κ1) is 35.0. The van der Waals surface area contributed by atoms with Crippen LogP contribution in [0.15, 0.2) is 51.7 Å². The standard InChI is InChI=1S/C31H34O17/c1-12(33)42-11-22-29(43-13(2)34)26(39)28(41)31(48-22)45-16-7-17(35)23-18(36)9-19(46-20(23)8-16)14-3-5-15(6-4-14)44-30-27(40)25(38)24(37)21(10-32)47-30/h3-9,21-22,24-32,35,37-41H,10-11H2,1-2H3/t21-,22-,24-,25-,26-,27-,28-,29-,30-,31-/m0/s1. The molecule has 2 saturated heterocycles. The Morgan fingerprint density at radius 2 is 1.40 bits per heavy atom. The molecule has 0 aliphatic carbocycles. The third-order valence-corrected chi connectivity index (χ3v) is 7.67. The molecule has 2 aliphatic heterocycles. The molecule has 1 aromatic heterocycles. The SMILES string of the molecule is CC(=O)OC[C@@H]1O[C@H](Oc2cc(O)c3c(=O)cc(-c4ccc(O[C@H]5O[C@@H](CO)[C@H](O)[C@H](O)[C@@H]5O)cc4)oc3c2)[C@@H](O)[C@H](O)[C@H]1OC(C)=O. The highest BCUT2D eigenvalue weighted by Crippen LogP contribution is 2.34. The topological polar surface area (TPSA) is 261 Å². The Hall–Kier alpha value is -4.33. The molecule has 0 unspecified atom stereocenters. The van der Waals surface area contributed by atoms with E-state index in [9.17, 15) is 50.1 Å². The van der Waals surface area contributed by atoms with Gasteiger partial charge in [-0.15, -0.1) is 0 Å². The number of aliphatic hydroxyl groups excluding tert-OH is 6. The number of benzene rings is 2. The number of hydrogen-bond acceptors (Lipinski definition) is 17. The molecule has 10 atom stereocenters. The highest BCUT2D eigenvalue weighted by molar-refractivity contribution is 5.86. The van der Waals surface area contributed by atoms with Crippen molar-refractivity contribution in [3.8, 4) is 28.6 Å². The summed E-state index contributed by atoms with van der Waals surface area (Å²) in [6.07, 6.45) is -15.1. The Morgan fingerprint density at radius 3 is 2.02 bits per heavy atom. The van der Waals surface area contributed by atoms with Gasteiger partial charge in [0.05, 0.1) is 6.61 Å². The van der Waals surface area contributed by atoms with Crippen LogP contribution in [0.4, 0.5) is 0 Å². The van der Waals surface area contributed by atoms with Gasteiger partial charge in [-0.05, 0) is 24.3 Å². The average Bonchev–Trinajstić information content (AvgIpc) is 3.03. The van der Waals surface area contributed by atoms with Crippen LogP contribution in [0.3, 0.4) is 0 Å². The van der Waals surface area contributed by atoms with Crippen LogP contribution in [-0.2, 0) is 28.5 Å². The van der Waals surface area contributed by atoms with Gasteiger partial charge < -0.3 is 68.6 Å². The van der Waals surface area contributed by atoms with Crippen molar-refractivity contribution >= 4 is 22.9 Å². The van der Waals surface area contributed by atoms with Gasteiger partial charge in [-0.2, -0.15) is 0 Å². The Balaban J connectivity index is 1.36. The molecule has 2 aliphatic rings. The summed E-state index contributed by atoms with van der Waals surface area (Å²) in [7, 11) is 0. The van der Waals surface area contributed by atoms with Crippen LogP contribution in [0, 0.1) is 0 Å². The Bertz CT molecular complexity index is 1670. The van der Waals surface area contributed by atoms with E-state index in [2.05, 4.69) is 0 Å². The van der Waals surface area contributed by atoms with Crippen LogP contribution >= 0.6 is 0 Å². The molecule has 17 nitrogen and oxygen atoms in total. The third kappa shape index (κ3) is 7.38. The minimum Gasteiger partial charge on any atom is -0.507 e. The second-order valence-corrected chi connectivity index (χ2v) is 11.1. The van der Waals surface area contributed by atoms with E-state index in [1.165, 1.54) is 30.3 Å². The maximum atomic E-state index is 13.0. The molecule has 0 radical (unpaired) electrons. The molecular formula is C31H34O17. The van der Waals surface area contributed by atoms with E-state index >= 15 is 0 Å². The van der Waals surface area contributed by atoms with E-state index in [0.717, 1.165) is 26.0 Å². The zero-order valence-corrected chi connectivity index (χ0v) is 25.4. The zero-order valence-electron chi connectivity index (χ0n) is 25.4. The number of carbonyl (C=O) groups is 2. The number of carbonyl (C=O) groups excluding carboxylic acids is 2. The average molecular weight is 679 g/mol. The number of phenolic OH excluding ortho intramolecular Hbond substituents is 1. The summed E-state index contributed by atoms with van der Waals surface area (Å²) in [6, 6.07) is 9.32. The number of aliphatic hydroxyl groups is 6. The number of hydrogen-bond donors (Lipinski definition) is 7. The molecule has 0 amide bonds. The summed E-state index contributed by atoms with van der Waals surface area (Å²) in [6.45, 7) is 1.13. The lowest BCUT2D eigenvalue weighted by molar-refractivity contribution is -0.282. The van der Waals surface area contributed by atoms with Crippen molar-refractivity contribution in [1.29, 1.82) is 0 Å². The van der Waals surface area contributed by atoms with Crippen molar-refractivity contribution < 1.29 is 78.2 Å². The highest BCUT2D eigenvalue weighted by Gasteiger charge is 2.48. The van der Waals surface area contributed by atoms with Crippen LogP contribution in [0.5, 0.6) is 17.2 Å². The molecule has 0 bridgehead atoms. The molecule has 7 N–H and O–H groups in total. The number of aromatic hydroxyl groups is 1. The van der Waals surface area contributed by atoms with Crippen molar-refractivity contribution in [3.63, 3.8) is 0 Å². The number of fused-ring (bicyclic) bond motifs is 1. The van der Waals surface area contributed by atoms with Crippen LogP contribution in [0.1, 0.15) is 13.8 Å². The van der Waals surface area contributed by atoms with Gasteiger partial charge in [0, 0.05) is 37.6 Å². The van der Waals surface area contributed by atoms with Gasteiger partial charge in [-0.25, -0.2) is 0 Å². The molecule has 260 valence electrons. The van der Waals surface area contributed by atoms with E-state index in [0.29, 0.717) is 5.56 Å². The number of ether oxygens (including phenoxy) is 6. The Morgan fingerprint density at radius 1 is 0.771 bits per heavy atom. The molecular weight excluding hydrogens is 644 g/mol. The van der Waals surface area contributed by atoms with Gasteiger partial charge in [0.15, 0.2) is 11.5 Å². The summed E-state index contributed by atoms with van der Waals surface area (Å²) in [5.74, 6) is -1.94. The predicted octanol–water partition coefficient (Wildman–Crippen LogP) is -1.34. The maximum absolute atomic E-state index is 13.0. The molecule has 2 aromatic carbocycles. The molecule has 0 saturated carbocycles. The van der Waals surface area contributed by atoms with E-state index < -0.39 is 97.7 Å². The molecule has 48 heavy (non-hydrogen) atoms. The summed E-state index contributed by atoms with van der Waals surface area (Å²) in [5.41, 5.74) is -0.374. The molecule has 5 rings (SSSR count). The van der Waals surface area contributed by atoms with Gasteiger partial charge in [0.25, 0.3) is 0 Å². The van der Waals surface area contributed by atoms with Gasteiger partial charge in [-0.1, -0.05) is 0 Å². The summed E-state index contributed by atoms with van der Waals surface area (Å²) < 4.78 is 38.2. The van der Waals surface area contributed by atoms with E-state index in [1.807, 2.05) is 0 Å². The lowest BCUT2D eigenvalue weighted by Crippen LogP contribution is -2.61. The van der Waals surface area contributed by atoms with Crippen LogP contribution in [-0.4, -0.2) is 122 Å². The maximum Gasteiger partial charge on any atom is 0.303 e. The zero-order chi connectivity index (χ0) is 34.9. The van der Waals surface area contributed by atoms with Gasteiger partial charge in [-0.3, -0.25) is 14.4 Å². The first-order chi connectivity index (χ1) is 22.8. The van der Waals surface area contributed by atoms with Crippen LogP contribution < -0.4 is 14.9 Å². The number of rotatable bonds is 9. The highest BCUT2D eigenvalue weighted by atomic mass is 16.7. The molecule has 3 heterocycles. The number of phenols is 1. The Kier molecular flexibility index (Phi) is 10.5. The lowest BCUT2D eigenvalue weighted by atomic mass is 9.99. The van der Waals surface area contributed by atoms with Crippen molar-refractivity contribution in [2.45, 2.75) is 75.3 Å². The Labute approximate surface area is 271 Å². The van der Waals surface area contributed by atoms with E-state index in [1.54, 1.807) is 0 Å². The summed E-state index contributed by atoms with van der Waals surface area (Å²) >= 11 is 0. The monoisotopic (exact) mass is 678 g/mol. The fraction of sp³-hybridized carbons (Fsp3) is 0.452. The first-order valence-corrected chi connectivity index (χ1v) is 14.6. The lowest BCUT2D eigenvalue weighted by Gasteiger charge is -2.41.